The zero-order valence-electron chi connectivity index (χ0n) is 10.9. The molecule has 0 amide bonds. The summed E-state index contributed by atoms with van der Waals surface area (Å²) in [6, 6.07) is 14.4. The van der Waals surface area contributed by atoms with Gasteiger partial charge in [0, 0.05) is 6.42 Å². The predicted octanol–water partition coefficient (Wildman–Crippen LogP) is 3.07. The van der Waals surface area contributed by atoms with E-state index in [1.54, 1.807) is 18.2 Å². The van der Waals surface area contributed by atoms with Gasteiger partial charge in [-0.05, 0) is 42.3 Å². The molecule has 100 valence electrons. The van der Waals surface area contributed by atoms with Crippen molar-refractivity contribution in [2.45, 2.75) is 19.4 Å². The van der Waals surface area contributed by atoms with Gasteiger partial charge in [0.2, 0.25) is 0 Å². The molecule has 0 aliphatic rings. The van der Waals surface area contributed by atoms with Crippen LogP contribution >= 0.6 is 0 Å². The molecule has 2 aromatic carbocycles. The standard InChI is InChI=1S/C16H18O3/c1-2-19-15-8-4-6-13(11-15)16(18)10-12-5-3-7-14(17)9-12/h3-9,11,16-18H,2,10H2,1H3. The van der Waals surface area contributed by atoms with E-state index in [4.69, 9.17) is 4.74 Å². The van der Waals surface area contributed by atoms with Crippen molar-refractivity contribution >= 4 is 0 Å². The Morgan fingerprint density at radius 2 is 1.89 bits per heavy atom. The highest BCUT2D eigenvalue weighted by molar-refractivity contribution is 5.32. The molecule has 3 heteroatoms. The fourth-order valence-electron chi connectivity index (χ4n) is 2.00. The highest BCUT2D eigenvalue weighted by Crippen LogP contribution is 2.23. The molecule has 2 aromatic rings. The Kier molecular flexibility index (Phi) is 4.42. The van der Waals surface area contributed by atoms with Gasteiger partial charge >= 0.3 is 0 Å². The monoisotopic (exact) mass is 258 g/mol. The van der Waals surface area contributed by atoms with Crippen molar-refractivity contribution in [3.63, 3.8) is 0 Å². The molecule has 0 saturated carbocycles. The molecule has 1 unspecified atom stereocenters. The molecule has 0 fully saturated rings. The topological polar surface area (TPSA) is 49.7 Å². The summed E-state index contributed by atoms with van der Waals surface area (Å²) in [6.07, 6.45) is -0.147. The van der Waals surface area contributed by atoms with Crippen molar-refractivity contribution in [1.82, 2.24) is 0 Å². The van der Waals surface area contributed by atoms with Gasteiger partial charge in [-0.2, -0.15) is 0 Å². The molecule has 1 atom stereocenters. The second-order valence-electron chi connectivity index (χ2n) is 4.40. The first kappa shape index (κ1) is 13.4. The molecule has 0 spiro atoms. The smallest absolute Gasteiger partial charge is 0.119 e. The van der Waals surface area contributed by atoms with Crippen molar-refractivity contribution in [3.05, 3.63) is 59.7 Å². The van der Waals surface area contributed by atoms with Crippen LogP contribution in [0.2, 0.25) is 0 Å². The highest BCUT2D eigenvalue weighted by Gasteiger charge is 2.10. The van der Waals surface area contributed by atoms with Crippen LogP contribution in [0.15, 0.2) is 48.5 Å². The fraction of sp³-hybridized carbons (Fsp3) is 0.250. The summed E-state index contributed by atoms with van der Waals surface area (Å²) in [5.41, 5.74) is 1.71. The van der Waals surface area contributed by atoms with Crippen molar-refractivity contribution in [1.29, 1.82) is 0 Å². The van der Waals surface area contributed by atoms with Gasteiger partial charge in [-0.25, -0.2) is 0 Å². The highest BCUT2D eigenvalue weighted by atomic mass is 16.5. The summed E-state index contributed by atoms with van der Waals surface area (Å²) in [4.78, 5) is 0. The molecule has 0 bridgehead atoms. The predicted molar refractivity (Wildman–Crippen MR) is 74.4 cm³/mol. The van der Waals surface area contributed by atoms with Crippen LogP contribution < -0.4 is 4.74 Å². The van der Waals surface area contributed by atoms with E-state index in [0.717, 1.165) is 16.9 Å². The van der Waals surface area contributed by atoms with Crippen LogP contribution in [0.4, 0.5) is 0 Å². The minimum absolute atomic E-state index is 0.216. The van der Waals surface area contributed by atoms with Gasteiger partial charge in [0.15, 0.2) is 0 Å². The van der Waals surface area contributed by atoms with E-state index in [9.17, 15) is 10.2 Å². The molecule has 19 heavy (non-hydrogen) atoms. The molecule has 0 aromatic heterocycles. The Labute approximate surface area is 113 Å². The van der Waals surface area contributed by atoms with Crippen LogP contribution in [-0.2, 0) is 6.42 Å². The van der Waals surface area contributed by atoms with Crippen LogP contribution in [0.5, 0.6) is 11.5 Å². The van der Waals surface area contributed by atoms with Gasteiger partial charge in [0.05, 0.1) is 12.7 Å². The molecule has 3 nitrogen and oxygen atoms in total. The van der Waals surface area contributed by atoms with Crippen LogP contribution in [0.3, 0.4) is 0 Å². The molecule has 0 saturated heterocycles. The molecular formula is C16H18O3. The Balaban J connectivity index is 2.11. The normalized spacial score (nSPS) is 12.1. The second kappa shape index (κ2) is 6.25. The van der Waals surface area contributed by atoms with E-state index in [1.807, 2.05) is 37.3 Å². The zero-order valence-corrected chi connectivity index (χ0v) is 10.9. The number of ether oxygens (including phenoxy) is 1. The third-order valence-corrected chi connectivity index (χ3v) is 2.89. The average molecular weight is 258 g/mol. The largest absolute Gasteiger partial charge is 0.508 e. The van der Waals surface area contributed by atoms with E-state index in [-0.39, 0.29) is 5.75 Å². The molecule has 2 rings (SSSR count). The van der Waals surface area contributed by atoms with Gasteiger partial charge in [-0.1, -0.05) is 24.3 Å². The van der Waals surface area contributed by atoms with E-state index < -0.39 is 6.10 Å². The lowest BCUT2D eigenvalue weighted by molar-refractivity contribution is 0.178. The molecular weight excluding hydrogens is 240 g/mol. The maximum absolute atomic E-state index is 10.2. The number of aromatic hydroxyl groups is 1. The number of phenols is 1. The molecule has 0 radical (unpaired) electrons. The van der Waals surface area contributed by atoms with E-state index in [2.05, 4.69) is 0 Å². The number of benzene rings is 2. The van der Waals surface area contributed by atoms with Gasteiger partial charge in [0.1, 0.15) is 11.5 Å². The van der Waals surface area contributed by atoms with Crippen molar-refractivity contribution < 1.29 is 14.9 Å². The van der Waals surface area contributed by atoms with Gasteiger partial charge in [-0.3, -0.25) is 0 Å². The summed E-state index contributed by atoms with van der Waals surface area (Å²) >= 11 is 0. The van der Waals surface area contributed by atoms with Gasteiger partial charge in [0.25, 0.3) is 0 Å². The van der Waals surface area contributed by atoms with Crippen molar-refractivity contribution in [2.24, 2.45) is 0 Å². The van der Waals surface area contributed by atoms with Gasteiger partial charge in [-0.15, -0.1) is 0 Å². The fourth-order valence-corrected chi connectivity index (χ4v) is 2.00. The molecule has 2 N–H and O–H groups in total. The number of rotatable bonds is 5. The minimum Gasteiger partial charge on any atom is -0.508 e. The Bertz CT molecular complexity index is 537. The van der Waals surface area contributed by atoms with Crippen LogP contribution in [0, 0.1) is 0 Å². The number of aliphatic hydroxyl groups excluding tert-OH is 1. The molecule has 0 heterocycles. The van der Waals surface area contributed by atoms with E-state index in [1.165, 1.54) is 0 Å². The lowest BCUT2D eigenvalue weighted by Gasteiger charge is -2.13. The number of phenolic OH excluding ortho intramolecular Hbond substituents is 1. The summed E-state index contributed by atoms with van der Waals surface area (Å²) in [5.74, 6) is 0.975. The summed E-state index contributed by atoms with van der Waals surface area (Å²) in [7, 11) is 0. The summed E-state index contributed by atoms with van der Waals surface area (Å²) < 4.78 is 5.41. The van der Waals surface area contributed by atoms with Crippen molar-refractivity contribution in [3.8, 4) is 11.5 Å². The summed E-state index contributed by atoms with van der Waals surface area (Å²) in [6.45, 7) is 2.53. The summed E-state index contributed by atoms with van der Waals surface area (Å²) in [5, 5.41) is 19.6. The van der Waals surface area contributed by atoms with Gasteiger partial charge < -0.3 is 14.9 Å². The SMILES string of the molecule is CCOc1cccc(C(O)Cc2cccc(O)c2)c1. The lowest BCUT2D eigenvalue weighted by Crippen LogP contribution is -2.02. The van der Waals surface area contributed by atoms with Crippen LogP contribution in [0.1, 0.15) is 24.2 Å². The number of hydrogen-bond acceptors (Lipinski definition) is 3. The van der Waals surface area contributed by atoms with E-state index >= 15 is 0 Å². The Hall–Kier alpha value is -2.00. The maximum Gasteiger partial charge on any atom is 0.119 e. The number of aliphatic hydroxyl groups is 1. The average Bonchev–Trinajstić information content (AvgIpc) is 2.39. The van der Waals surface area contributed by atoms with Crippen molar-refractivity contribution in [2.75, 3.05) is 6.61 Å². The molecule has 0 aliphatic heterocycles. The van der Waals surface area contributed by atoms with Crippen LogP contribution in [0.25, 0.3) is 0 Å². The lowest BCUT2D eigenvalue weighted by atomic mass is 10.0. The Morgan fingerprint density at radius 3 is 2.63 bits per heavy atom. The van der Waals surface area contributed by atoms with Crippen LogP contribution in [-0.4, -0.2) is 16.8 Å². The maximum atomic E-state index is 10.2. The zero-order chi connectivity index (χ0) is 13.7. The number of hydrogen-bond donors (Lipinski definition) is 2. The van der Waals surface area contributed by atoms with E-state index in [0.29, 0.717) is 13.0 Å². The second-order valence-corrected chi connectivity index (χ2v) is 4.40. The molecule has 0 aliphatic carbocycles. The quantitative estimate of drug-likeness (QED) is 0.866. The first-order valence-corrected chi connectivity index (χ1v) is 6.37. The third-order valence-electron chi connectivity index (χ3n) is 2.89. The first-order valence-electron chi connectivity index (χ1n) is 6.37. The minimum atomic E-state index is -0.609. The first-order chi connectivity index (χ1) is 9.19. The third kappa shape index (κ3) is 3.73. The Morgan fingerprint density at radius 1 is 1.11 bits per heavy atom.